The Morgan fingerprint density at radius 2 is 1.91 bits per heavy atom. The maximum absolute atomic E-state index is 13.9. The first-order valence-corrected chi connectivity index (χ1v) is 9.80. The van der Waals surface area contributed by atoms with Crippen molar-refractivity contribution in [2.75, 3.05) is 5.32 Å². The van der Waals surface area contributed by atoms with Gasteiger partial charge in [-0.2, -0.15) is 0 Å². The molecule has 0 atom stereocenters. The molecule has 0 bridgehead atoms. The first kappa shape index (κ1) is 20.9. The molecule has 0 aliphatic heterocycles. The molecule has 2 aromatic carbocycles. The second-order valence-electron chi connectivity index (χ2n) is 6.84. The summed E-state index contributed by atoms with van der Waals surface area (Å²) in [5, 5.41) is 2.81. The number of carbonyl (C=O) groups is 1. The molecule has 0 fully saturated rings. The summed E-state index contributed by atoms with van der Waals surface area (Å²) in [5.74, 6) is 4.81. The van der Waals surface area contributed by atoms with Crippen LogP contribution in [0.15, 0.2) is 77.5 Å². The van der Waals surface area contributed by atoms with E-state index >= 15 is 0 Å². The monoisotopic (exact) mass is 429 g/mol. The van der Waals surface area contributed by atoms with Crippen molar-refractivity contribution in [2.45, 2.75) is 12.8 Å². The van der Waals surface area contributed by atoms with Gasteiger partial charge < -0.3 is 9.73 Å². The molecule has 0 unspecified atom stereocenters. The van der Waals surface area contributed by atoms with Crippen molar-refractivity contribution in [2.24, 2.45) is 0 Å². The SMILES string of the molecule is O=C(CCc1ncc(-c2ccc(F)cc2F)o1)Nc1cccc(C#Cc2ccccn2)c1. The minimum Gasteiger partial charge on any atom is -0.441 e. The highest BCUT2D eigenvalue weighted by Crippen LogP contribution is 2.24. The van der Waals surface area contributed by atoms with Crippen molar-refractivity contribution in [3.63, 3.8) is 0 Å². The number of nitrogens with one attached hydrogen (secondary N) is 1. The number of nitrogens with zero attached hydrogens (tertiary/aromatic N) is 2. The van der Waals surface area contributed by atoms with E-state index in [9.17, 15) is 13.6 Å². The lowest BCUT2D eigenvalue weighted by Crippen LogP contribution is -2.12. The molecule has 0 aliphatic rings. The van der Waals surface area contributed by atoms with Crippen LogP contribution >= 0.6 is 0 Å². The summed E-state index contributed by atoms with van der Waals surface area (Å²) in [5.41, 5.74) is 2.13. The average molecular weight is 429 g/mol. The molecule has 1 amide bonds. The fourth-order valence-electron chi connectivity index (χ4n) is 2.93. The number of carbonyl (C=O) groups excluding carboxylic acids is 1. The largest absolute Gasteiger partial charge is 0.441 e. The van der Waals surface area contributed by atoms with E-state index in [-0.39, 0.29) is 36.0 Å². The van der Waals surface area contributed by atoms with Gasteiger partial charge in [-0.05, 0) is 48.4 Å². The van der Waals surface area contributed by atoms with Crippen molar-refractivity contribution >= 4 is 11.6 Å². The lowest BCUT2D eigenvalue weighted by atomic mass is 10.2. The second kappa shape index (κ2) is 9.67. The summed E-state index contributed by atoms with van der Waals surface area (Å²) in [6.45, 7) is 0. The lowest BCUT2D eigenvalue weighted by molar-refractivity contribution is -0.116. The Bertz CT molecular complexity index is 1310. The van der Waals surface area contributed by atoms with E-state index in [4.69, 9.17) is 4.42 Å². The van der Waals surface area contributed by atoms with Gasteiger partial charge in [0, 0.05) is 36.4 Å². The van der Waals surface area contributed by atoms with E-state index in [0.717, 1.165) is 17.7 Å². The molecule has 4 aromatic rings. The number of amides is 1. The van der Waals surface area contributed by atoms with E-state index in [2.05, 4.69) is 27.1 Å². The third kappa shape index (κ3) is 5.43. The van der Waals surface area contributed by atoms with Crippen LogP contribution < -0.4 is 5.32 Å². The van der Waals surface area contributed by atoms with E-state index < -0.39 is 11.6 Å². The zero-order valence-electron chi connectivity index (χ0n) is 16.8. The van der Waals surface area contributed by atoms with Crippen LogP contribution in [-0.4, -0.2) is 15.9 Å². The summed E-state index contributed by atoms with van der Waals surface area (Å²) in [6, 6.07) is 15.9. The summed E-state index contributed by atoms with van der Waals surface area (Å²) in [7, 11) is 0. The van der Waals surface area contributed by atoms with Crippen LogP contribution in [0.4, 0.5) is 14.5 Å². The van der Waals surface area contributed by atoms with Gasteiger partial charge in [0.2, 0.25) is 5.91 Å². The summed E-state index contributed by atoms with van der Waals surface area (Å²) < 4.78 is 32.4. The molecule has 1 N–H and O–H groups in total. The van der Waals surface area contributed by atoms with Crippen molar-refractivity contribution in [3.05, 3.63) is 102 Å². The number of halogens is 2. The van der Waals surface area contributed by atoms with Gasteiger partial charge in [-0.15, -0.1) is 0 Å². The number of aryl methyl sites for hydroxylation is 1. The first-order valence-electron chi connectivity index (χ1n) is 9.80. The van der Waals surface area contributed by atoms with Gasteiger partial charge in [-0.25, -0.2) is 18.7 Å². The molecule has 0 aliphatic carbocycles. The highest BCUT2D eigenvalue weighted by molar-refractivity contribution is 5.91. The molecular formula is C25H17F2N3O2. The highest BCUT2D eigenvalue weighted by Gasteiger charge is 2.13. The van der Waals surface area contributed by atoms with Gasteiger partial charge in [0.1, 0.15) is 17.3 Å². The van der Waals surface area contributed by atoms with Crippen LogP contribution in [0.25, 0.3) is 11.3 Å². The average Bonchev–Trinajstić information content (AvgIpc) is 3.26. The van der Waals surface area contributed by atoms with E-state index in [1.165, 1.54) is 12.3 Å². The van der Waals surface area contributed by atoms with Crippen LogP contribution in [0.1, 0.15) is 23.6 Å². The smallest absolute Gasteiger partial charge is 0.224 e. The fourth-order valence-corrected chi connectivity index (χ4v) is 2.93. The number of anilines is 1. The maximum Gasteiger partial charge on any atom is 0.224 e. The molecule has 0 saturated heterocycles. The van der Waals surface area contributed by atoms with Gasteiger partial charge in [0.15, 0.2) is 11.7 Å². The Morgan fingerprint density at radius 1 is 1.00 bits per heavy atom. The Morgan fingerprint density at radius 3 is 2.72 bits per heavy atom. The zero-order valence-corrected chi connectivity index (χ0v) is 16.8. The molecular weight excluding hydrogens is 412 g/mol. The number of hydrogen-bond donors (Lipinski definition) is 1. The van der Waals surface area contributed by atoms with Gasteiger partial charge in [0.25, 0.3) is 0 Å². The van der Waals surface area contributed by atoms with E-state index in [1.807, 2.05) is 24.3 Å². The Hall–Kier alpha value is -4.31. The predicted octanol–water partition coefficient (Wildman–Crippen LogP) is 4.99. The minimum atomic E-state index is -0.739. The van der Waals surface area contributed by atoms with Gasteiger partial charge >= 0.3 is 0 Å². The number of oxazole rings is 1. The van der Waals surface area contributed by atoms with Crippen molar-refractivity contribution in [3.8, 4) is 23.2 Å². The fraction of sp³-hybridized carbons (Fsp3) is 0.0800. The molecule has 4 rings (SSSR count). The zero-order chi connectivity index (χ0) is 22.3. The summed E-state index contributed by atoms with van der Waals surface area (Å²) in [6.07, 6.45) is 3.38. The standard InChI is InChI=1S/C25H17F2N3O2/c26-18-8-10-21(22(27)15-18)23-16-29-25(32-23)12-11-24(31)30-20-6-3-4-17(14-20)7-9-19-5-1-2-13-28-19/h1-6,8,10,13-16H,11-12H2,(H,30,31). The van der Waals surface area contributed by atoms with Crippen LogP contribution in [0.2, 0.25) is 0 Å². The molecule has 2 heterocycles. The Balaban J connectivity index is 1.35. The first-order chi connectivity index (χ1) is 15.6. The number of benzene rings is 2. The normalized spacial score (nSPS) is 10.3. The second-order valence-corrected chi connectivity index (χ2v) is 6.84. The van der Waals surface area contributed by atoms with Crippen LogP contribution in [0, 0.1) is 23.5 Å². The Kier molecular flexibility index (Phi) is 6.33. The molecule has 5 nitrogen and oxygen atoms in total. The van der Waals surface area contributed by atoms with Crippen molar-refractivity contribution in [1.82, 2.24) is 9.97 Å². The maximum atomic E-state index is 13.9. The predicted molar refractivity (Wildman–Crippen MR) is 115 cm³/mol. The van der Waals surface area contributed by atoms with Crippen molar-refractivity contribution in [1.29, 1.82) is 0 Å². The third-order valence-corrected chi connectivity index (χ3v) is 4.46. The quantitative estimate of drug-likeness (QED) is 0.454. The third-order valence-electron chi connectivity index (χ3n) is 4.46. The number of aromatic nitrogens is 2. The molecule has 32 heavy (non-hydrogen) atoms. The molecule has 0 radical (unpaired) electrons. The molecule has 7 heteroatoms. The van der Waals surface area contributed by atoms with Crippen molar-refractivity contribution < 1.29 is 18.0 Å². The lowest BCUT2D eigenvalue weighted by Gasteiger charge is -2.04. The van der Waals surface area contributed by atoms with E-state index in [0.29, 0.717) is 11.4 Å². The summed E-state index contributed by atoms with van der Waals surface area (Å²) >= 11 is 0. The number of rotatable bonds is 5. The van der Waals surface area contributed by atoms with Gasteiger partial charge in [0.05, 0.1) is 11.8 Å². The van der Waals surface area contributed by atoms with Crippen LogP contribution in [0.5, 0.6) is 0 Å². The van der Waals surface area contributed by atoms with E-state index in [1.54, 1.807) is 24.4 Å². The summed E-state index contributed by atoms with van der Waals surface area (Å²) in [4.78, 5) is 20.5. The molecule has 2 aromatic heterocycles. The number of pyridine rings is 1. The van der Waals surface area contributed by atoms with Crippen LogP contribution in [0.3, 0.4) is 0 Å². The molecule has 0 spiro atoms. The topological polar surface area (TPSA) is 68.0 Å². The van der Waals surface area contributed by atoms with Crippen LogP contribution in [-0.2, 0) is 11.2 Å². The van der Waals surface area contributed by atoms with Gasteiger partial charge in [-0.1, -0.05) is 18.1 Å². The highest BCUT2D eigenvalue weighted by atomic mass is 19.1. The molecule has 0 saturated carbocycles. The number of hydrogen-bond acceptors (Lipinski definition) is 4. The Labute approximate surface area is 183 Å². The van der Waals surface area contributed by atoms with Gasteiger partial charge in [-0.3, -0.25) is 4.79 Å². The molecule has 158 valence electrons. The minimum absolute atomic E-state index is 0.109.